The third kappa shape index (κ3) is 4.58. The van der Waals surface area contributed by atoms with Gasteiger partial charge in [-0.25, -0.2) is 0 Å². The topological polar surface area (TPSA) is 36.8 Å². The van der Waals surface area contributed by atoms with Crippen LogP contribution in [-0.2, 0) is 0 Å². The van der Waals surface area contributed by atoms with Crippen molar-refractivity contribution in [2.45, 2.75) is 86.7 Å². The van der Waals surface area contributed by atoms with Gasteiger partial charge in [-0.3, -0.25) is 9.98 Å². The van der Waals surface area contributed by atoms with Gasteiger partial charge in [-0.05, 0) is 42.7 Å². The van der Waals surface area contributed by atoms with Crippen molar-refractivity contribution in [1.29, 1.82) is 0 Å². The van der Waals surface area contributed by atoms with E-state index >= 15 is 0 Å². The Labute approximate surface area is 145 Å². The third-order valence-electron chi connectivity index (χ3n) is 5.84. The minimum absolute atomic E-state index is 0. The van der Waals surface area contributed by atoms with Crippen molar-refractivity contribution < 1.29 is 0 Å². The van der Waals surface area contributed by atoms with E-state index < -0.39 is 0 Å². The molecule has 0 unspecified atom stereocenters. The summed E-state index contributed by atoms with van der Waals surface area (Å²) in [6.45, 7) is 19.1. The standard InChI is InChI=1S/C10H19N.C9H18N2.CH4/c1-8(2)10(9(3)4)6-5-7-11-10;1-7(2)9(8(3)4)5-10-6-11-9;/h7-9H,5-6H2,1-4H3;6-8H,5H2,1-4H3,(H,10,11);1H4. The predicted octanol–water partition coefficient (Wildman–Crippen LogP) is 5.21. The van der Waals surface area contributed by atoms with Gasteiger partial charge in [-0.2, -0.15) is 0 Å². The van der Waals surface area contributed by atoms with E-state index in [4.69, 9.17) is 0 Å². The Morgan fingerprint density at radius 2 is 1.39 bits per heavy atom. The maximum atomic E-state index is 4.64. The molecule has 0 aromatic rings. The molecule has 136 valence electrons. The summed E-state index contributed by atoms with van der Waals surface area (Å²) < 4.78 is 0. The number of aliphatic imine (C=N–C) groups is 2. The molecule has 0 amide bonds. The van der Waals surface area contributed by atoms with Crippen molar-refractivity contribution in [3.05, 3.63) is 0 Å². The smallest absolute Gasteiger partial charge is 0.0830 e. The first-order chi connectivity index (χ1) is 10.2. The fourth-order valence-corrected chi connectivity index (χ4v) is 3.91. The molecule has 2 rings (SSSR count). The summed E-state index contributed by atoms with van der Waals surface area (Å²) in [4.78, 5) is 8.88. The molecule has 0 spiro atoms. The van der Waals surface area contributed by atoms with Gasteiger partial charge in [0.2, 0.25) is 0 Å². The summed E-state index contributed by atoms with van der Waals surface area (Å²) in [6, 6.07) is 0. The third-order valence-corrected chi connectivity index (χ3v) is 5.84. The Hall–Kier alpha value is -0.860. The largest absolute Gasteiger partial charge is 0.369 e. The average molecular weight is 324 g/mol. The van der Waals surface area contributed by atoms with Gasteiger partial charge >= 0.3 is 0 Å². The van der Waals surface area contributed by atoms with Crippen LogP contribution in [0, 0.1) is 23.7 Å². The van der Waals surface area contributed by atoms with Crippen LogP contribution in [0.15, 0.2) is 9.98 Å². The zero-order valence-electron chi connectivity index (χ0n) is 16.0. The van der Waals surface area contributed by atoms with Crippen LogP contribution in [0.5, 0.6) is 0 Å². The Morgan fingerprint density at radius 3 is 1.57 bits per heavy atom. The summed E-state index contributed by atoms with van der Waals surface area (Å²) in [5.41, 5.74) is 0.486. The lowest BCUT2D eigenvalue weighted by Crippen LogP contribution is -2.52. The van der Waals surface area contributed by atoms with Crippen molar-refractivity contribution in [1.82, 2.24) is 5.32 Å². The first-order valence-electron chi connectivity index (χ1n) is 8.98. The molecule has 0 aliphatic carbocycles. The van der Waals surface area contributed by atoms with Crippen molar-refractivity contribution in [3.63, 3.8) is 0 Å². The van der Waals surface area contributed by atoms with Crippen molar-refractivity contribution >= 4 is 12.6 Å². The molecule has 23 heavy (non-hydrogen) atoms. The highest BCUT2D eigenvalue weighted by atomic mass is 15.1. The van der Waals surface area contributed by atoms with Gasteiger partial charge in [0.1, 0.15) is 0 Å². The van der Waals surface area contributed by atoms with Crippen LogP contribution in [0.25, 0.3) is 0 Å². The zero-order chi connectivity index (χ0) is 17.0. The number of nitrogens with zero attached hydrogens (tertiary/aromatic N) is 2. The van der Waals surface area contributed by atoms with Crippen LogP contribution < -0.4 is 5.32 Å². The van der Waals surface area contributed by atoms with E-state index in [1.54, 1.807) is 0 Å². The van der Waals surface area contributed by atoms with E-state index in [9.17, 15) is 0 Å². The number of hydrogen-bond donors (Lipinski definition) is 1. The van der Waals surface area contributed by atoms with Gasteiger partial charge in [-0.15, -0.1) is 0 Å². The second kappa shape index (κ2) is 8.84. The molecular formula is C20H41N3. The van der Waals surface area contributed by atoms with Crippen LogP contribution in [0.3, 0.4) is 0 Å². The zero-order valence-corrected chi connectivity index (χ0v) is 16.0. The molecular weight excluding hydrogens is 282 g/mol. The van der Waals surface area contributed by atoms with Crippen LogP contribution in [0.1, 0.15) is 75.7 Å². The molecule has 2 aliphatic rings. The SMILES string of the molecule is C.CC(C)C1(C(C)C)CCC=N1.CC(C)C1(C(C)C)CN=CN1. The van der Waals surface area contributed by atoms with E-state index in [1.165, 1.54) is 12.8 Å². The first kappa shape index (κ1) is 22.1. The Bertz CT molecular complexity index is 366. The summed E-state index contributed by atoms with van der Waals surface area (Å²) in [6.07, 6.45) is 6.37. The molecule has 0 aromatic heterocycles. The van der Waals surface area contributed by atoms with E-state index in [1.807, 2.05) is 6.34 Å². The Balaban J connectivity index is 0.000000403. The fourth-order valence-electron chi connectivity index (χ4n) is 3.91. The number of rotatable bonds is 4. The molecule has 0 saturated carbocycles. The summed E-state index contributed by atoms with van der Waals surface area (Å²) in [5.74, 6) is 2.65. The lowest BCUT2D eigenvalue weighted by atomic mass is 9.76. The monoisotopic (exact) mass is 323 g/mol. The van der Waals surface area contributed by atoms with Gasteiger partial charge in [0, 0.05) is 0 Å². The van der Waals surface area contributed by atoms with E-state index in [2.05, 4.69) is 76.9 Å². The molecule has 0 fully saturated rings. The van der Waals surface area contributed by atoms with Crippen LogP contribution in [0.2, 0.25) is 0 Å². The number of nitrogens with one attached hydrogen (secondary N) is 1. The average Bonchev–Trinajstić information content (AvgIpc) is 3.10. The number of hydrogen-bond acceptors (Lipinski definition) is 3. The highest BCUT2D eigenvalue weighted by Gasteiger charge is 2.38. The maximum absolute atomic E-state index is 4.64. The lowest BCUT2D eigenvalue weighted by molar-refractivity contribution is 0.218. The van der Waals surface area contributed by atoms with Crippen molar-refractivity contribution in [3.8, 4) is 0 Å². The van der Waals surface area contributed by atoms with Gasteiger partial charge in [0.15, 0.2) is 0 Å². The molecule has 1 N–H and O–H groups in total. The van der Waals surface area contributed by atoms with Crippen molar-refractivity contribution in [2.24, 2.45) is 33.7 Å². The second-order valence-electron chi connectivity index (χ2n) is 8.11. The molecule has 0 bridgehead atoms. The minimum atomic E-state index is 0. The van der Waals surface area contributed by atoms with Gasteiger partial charge < -0.3 is 5.32 Å². The minimum Gasteiger partial charge on any atom is -0.369 e. The quantitative estimate of drug-likeness (QED) is 0.758. The molecule has 2 aliphatic heterocycles. The van der Waals surface area contributed by atoms with Crippen molar-refractivity contribution in [2.75, 3.05) is 6.54 Å². The molecule has 0 atom stereocenters. The molecule has 0 aromatic carbocycles. The van der Waals surface area contributed by atoms with Gasteiger partial charge in [-0.1, -0.05) is 62.8 Å². The Morgan fingerprint density at radius 1 is 0.870 bits per heavy atom. The summed E-state index contributed by atoms with van der Waals surface area (Å²) >= 11 is 0. The van der Waals surface area contributed by atoms with E-state index in [0.29, 0.717) is 23.7 Å². The molecule has 0 radical (unpaired) electrons. The lowest BCUT2D eigenvalue weighted by Gasteiger charge is -2.37. The summed E-state index contributed by atoms with van der Waals surface area (Å²) in [7, 11) is 0. The van der Waals surface area contributed by atoms with Crippen LogP contribution >= 0.6 is 0 Å². The Kier molecular flexibility index (Phi) is 8.51. The molecule has 3 nitrogen and oxygen atoms in total. The second-order valence-corrected chi connectivity index (χ2v) is 8.11. The predicted molar refractivity (Wildman–Crippen MR) is 106 cm³/mol. The van der Waals surface area contributed by atoms with E-state index in [-0.39, 0.29) is 18.5 Å². The molecule has 3 heteroatoms. The maximum Gasteiger partial charge on any atom is 0.0830 e. The fraction of sp³-hybridized carbons (Fsp3) is 0.900. The highest BCUT2D eigenvalue weighted by molar-refractivity contribution is 5.61. The van der Waals surface area contributed by atoms with Gasteiger partial charge in [0.25, 0.3) is 0 Å². The molecule has 0 saturated heterocycles. The van der Waals surface area contributed by atoms with Gasteiger partial charge in [0.05, 0.1) is 24.0 Å². The molecule has 2 heterocycles. The van der Waals surface area contributed by atoms with E-state index in [0.717, 1.165) is 6.54 Å². The first-order valence-corrected chi connectivity index (χ1v) is 8.98. The normalized spacial score (nSPS) is 20.7. The summed E-state index contributed by atoms with van der Waals surface area (Å²) in [5, 5.41) is 3.38. The van der Waals surface area contributed by atoms with Crippen LogP contribution in [-0.4, -0.2) is 30.2 Å². The highest BCUT2D eigenvalue weighted by Crippen LogP contribution is 2.37. The van der Waals surface area contributed by atoms with Crippen LogP contribution in [0.4, 0.5) is 0 Å².